The van der Waals surface area contributed by atoms with Crippen LogP contribution in [0.3, 0.4) is 0 Å². The van der Waals surface area contributed by atoms with Gasteiger partial charge in [0.05, 0.1) is 7.11 Å². The average Bonchev–Trinajstić information content (AvgIpc) is 3.11. The fourth-order valence-electron chi connectivity index (χ4n) is 3.40. The van der Waals surface area contributed by atoms with Crippen LogP contribution < -0.4 is 10.2 Å². The Hall–Kier alpha value is -1.82. The van der Waals surface area contributed by atoms with Gasteiger partial charge in [0, 0.05) is 45.0 Å². The van der Waals surface area contributed by atoms with E-state index in [0.29, 0.717) is 0 Å². The van der Waals surface area contributed by atoms with Gasteiger partial charge in [0.25, 0.3) is 0 Å². The first-order valence-corrected chi connectivity index (χ1v) is 8.51. The Morgan fingerprint density at radius 2 is 2.04 bits per heavy atom. The minimum atomic E-state index is -0.326. The molecule has 1 aromatic rings. The molecule has 2 aliphatic rings. The van der Waals surface area contributed by atoms with Gasteiger partial charge in [-0.3, -0.25) is 4.90 Å². The van der Waals surface area contributed by atoms with E-state index in [0.717, 1.165) is 51.4 Å². The predicted octanol–water partition coefficient (Wildman–Crippen LogP) is 2.00. The summed E-state index contributed by atoms with van der Waals surface area (Å²) < 4.78 is 4.66. The molecule has 0 spiro atoms. The zero-order valence-electron chi connectivity index (χ0n) is 13.8. The summed E-state index contributed by atoms with van der Waals surface area (Å²) in [7, 11) is 1.41. The topological polar surface area (TPSA) is 57.7 Å². The Bertz CT molecular complexity index is 523. The number of amides is 1. The second-order valence-corrected chi connectivity index (χ2v) is 6.40. The number of likely N-dealkylation sites (tertiary alicyclic amines) is 1. The third-order valence-electron chi connectivity index (χ3n) is 4.74. The largest absolute Gasteiger partial charge is 0.453 e. The van der Waals surface area contributed by atoms with Gasteiger partial charge in [-0.1, -0.05) is 0 Å². The lowest BCUT2D eigenvalue weighted by Crippen LogP contribution is -2.44. The Labute approximate surface area is 137 Å². The predicted molar refractivity (Wildman–Crippen MR) is 89.5 cm³/mol. The Morgan fingerprint density at radius 3 is 2.74 bits per heavy atom. The zero-order valence-corrected chi connectivity index (χ0v) is 13.8. The van der Waals surface area contributed by atoms with Crippen LogP contribution in [0.15, 0.2) is 18.3 Å². The van der Waals surface area contributed by atoms with Crippen LogP contribution in [-0.2, 0) is 11.3 Å². The summed E-state index contributed by atoms with van der Waals surface area (Å²) in [6.07, 6.45) is 6.08. The van der Waals surface area contributed by atoms with Crippen LogP contribution in [-0.4, -0.2) is 55.3 Å². The number of pyridine rings is 1. The summed E-state index contributed by atoms with van der Waals surface area (Å²) in [6, 6.07) is 4.57. The van der Waals surface area contributed by atoms with Crippen molar-refractivity contribution in [2.45, 2.75) is 38.3 Å². The molecule has 126 valence electrons. The van der Waals surface area contributed by atoms with Gasteiger partial charge < -0.3 is 15.0 Å². The van der Waals surface area contributed by atoms with E-state index in [1.165, 1.54) is 25.5 Å². The van der Waals surface area contributed by atoms with Crippen molar-refractivity contribution >= 4 is 11.9 Å². The average molecular weight is 318 g/mol. The highest BCUT2D eigenvalue weighted by atomic mass is 16.5. The van der Waals surface area contributed by atoms with E-state index in [-0.39, 0.29) is 12.1 Å². The molecule has 6 heteroatoms. The number of hydrogen-bond acceptors (Lipinski definition) is 5. The summed E-state index contributed by atoms with van der Waals surface area (Å²) in [5.74, 6) is 1.11. The summed E-state index contributed by atoms with van der Waals surface area (Å²) in [4.78, 5) is 20.6. The first-order valence-electron chi connectivity index (χ1n) is 8.51. The number of alkyl carbamates (subject to hydrolysis) is 1. The van der Waals surface area contributed by atoms with Gasteiger partial charge in [0.1, 0.15) is 5.82 Å². The van der Waals surface area contributed by atoms with E-state index in [1.807, 2.05) is 6.20 Å². The molecule has 0 radical (unpaired) electrons. The third kappa shape index (κ3) is 4.34. The fourth-order valence-corrected chi connectivity index (χ4v) is 3.40. The number of carbonyl (C=O) groups excluding carboxylic acids is 1. The van der Waals surface area contributed by atoms with Gasteiger partial charge in [0.15, 0.2) is 0 Å². The van der Waals surface area contributed by atoms with Gasteiger partial charge in [-0.25, -0.2) is 9.78 Å². The molecule has 3 rings (SSSR count). The number of ether oxygens (including phenoxy) is 1. The Morgan fingerprint density at radius 1 is 1.30 bits per heavy atom. The van der Waals surface area contributed by atoms with Gasteiger partial charge in [-0.05, 0) is 43.4 Å². The van der Waals surface area contributed by atoms with Crippen molar-refractivity contribution in [1.82, 2.24) is 15.2 Å². The number of rotatable bonds is 4. The van der Waals surface area contributed by atoms with E-state index >= 15 is 0 Å². The number of piperidine rings is 1. The molecule has 1 aromatic heterocycles. The number of hydrogen-bond donors (Lipinski definition) is 1. The molecule has 23 heavy (non-hydrogen) atoms. The van der Waals surface area contributed by atoms with Gasteiger partial charge in [-0.15, -0.1) is 0 Å². The normalized spacial score (nSPS) is 19.8. The standard InChI is InChI=1S/C17H26N4O2/c1-23-17(22)19-15-5-10-20(11-6-15)13-14-4-7-18-16(12-14)21-8-2-3-9-21/h4,7,12,15H,2-3,5-6,8-11,13H2,1H3,(H,19,22). The molecule has 2 fully saturated rings. The number of anilines is 1. The summed E-state index contributed by atoms with van der Waals surface area (Å²) >= 11 is 0. The fraction of sp³-hybridized carbons (Fsp3) is 0.647. The first-order chi connectivity index (χ1) is 11.2. The van der Waals surface area contributed by atoms with Gasteiger partial charge in [0.2, 0.25) is 0 Å². The number of aromatic nitrogens is 1. The second kappa shape index (κ2) is 7.64. The lowest BCUT2D eigenvalue weighted by Gasteiger charge is -2.32. The number of methoxy groups -OCH3 is 1. The van der Waals surface area contributed by atoms with E-state index in [1.54, 1.807) is 0 Å². The van der Waals surface area contributed by atoms with Crippen molar-refractivity contribution in [3.8, 4) is 0 Å². The van der Waals surface area contributed by atoms with Crippen LogP contribution in [0.2, 0.25) is 0 Å². The maximum atomic E-state index is 11.3. The lowest BCUT2D eigenvalue weighted by atomic mass is 10.0. The van der Waals surface area contributed by atoms with Crippen LogP contribution in [0.4, 0.5) is 10.6 Å². The first kappa shape index (κ1) is 16.1. The van der Waals surface area contributed by atoms with Crippen molar-refractivity contribution in [3.63, 3.8) is 0 Å². The lowest BCUT2D eigenvalue weighted by molar-refractivity contribution is 0.150. The second-order valence-electron chi connectivity index (χ2n) is 6.40. The van der Waals surface area contributed by atoms with Crippen molar-refractivity contribution in [3.05, 3.63) is 23.9 Å². The van der Waals surface area contributed by atoms with Crippen LogP contribution in [0.1, 0.15) is 31.2 Å². The van der Waals surface area contributed by atoms with Gasteiger partial charge >= 0.3 is 6.09 Å². The molecule has 0 atom stereocenters. The van der Waals surface area contributed by atoms with Crippen LogP contribution in [0.25, 0.3) is 0 Å². The van der Waals surface area contributed by atoms with Crippen LogP contribution in [0, 0.1) is 0 Å². The Balaban J connectivity index is 1.50. The van der Waals surface area contributed by atoms with Crippen molar-refractivity contribution in [2.24, 2.45) is 0 Å². The molecule has 0 saturated carbocycles. The molecular weight excluding hydrogens is 292 g/mol. The van der Waals surface area contributed by atoms with Crippen LogP contribution >= 0.6 is 0 Å². The summed E-state index contributed by atoms with van der Waals surface area (Å²) in [5, 5.41) is 2.89. The maximum absolute atomic E-state index is 11.3. The molecule has 0 aliphatic carbocycles. The SMILES string of the molecule is COC(=O)NC1CCN(Cc2ccnc(N3CCCC3)c2)CC1. The van der Waals surface area contributed by atoms with Crippen LogP contribution in [0.5, 0.6) is 0 Å². The molecule has 0 unspecified atom stereocenters. The third-order valence-corrected chi connectivity index (χ3v) is 4.74. The quantitative estimate of drug-likeness (QED) is 0.920. The molecule has 3 heterocycles. The van der Waals surface area contributed by atoms with Gasteiger partial charge in [-0.2, -0.15) is 0 Å². The molecule has 1 amide bonds. The highest BCUT2D eigenvalue weighted by Gasteiger charge is 2.21. The molecule has 0 bridgehead atoms. The molecule has 1 N–H and O–H groups in total. The number of nitrogens with zero attached hydrogens (tertiary/aromatic N) is 3. The maximum Gasteiger partial charge on any atom is 0.407 e. The molecule has 0 aromatic carbocycles. The molecule has 2 aliphatic heterocycles. The van der Waals surface area contributed by atoms with E-state index in [2.05, 4.69) is 37.0 Å². The smallest absolute Gasteiger partial charge is 0.407 e. The monoisotopic (exact) mass is 318 g/mol. The van der Waals surface area contributed by atoms with Crippen molar-refractivity contribution in [1.29, 1.82) is 0 Å². The van der Waals surface area contributed by atoms with Crippen molar-refractivity contribution < 1.29 is 9.53 Å². The molecule has 2 saturated heterocycles. The zero-order chi connectivity index (χ0) is 16.1. The van der Waals surface area contributed by atoms with E-state index in [9.17, 15) is 4.79 Å². The minimum Gasteiger partial charge on any atom is -0.453 e. The summed E-state index contributed by atoms with van der Waals surface area (Å²) in [6.45, 7) is 5.20. The summed E-state index contributed by atoms with van der Waals surface area (Å²) in [5.41, 5.74) is 1.32. The van der Waals surface area contributed by atoms with E-state index < -0.39 is 0 Å². The highest BCUT2D eigenvalue weighted by molar-refractivity contribution is 5.67. The number of nitrogens with one attached hydrogen (secondary N) is 1. The highest BCUT2D eigenvalue weighted by Crippen LogP contribution is 2.20. The molecular formula is C17H26N4O2. The van der Waals surface area contributed by atoms with Crippen molar-refractivity contribution in [2.75, 3.05) is 38.2 Å². The number of carbonyl (C=O) groups is 1. The minimum absolute atomic E-state index is 0.233. The van der Waals surface area contributed by atoms with E-state index in [4.69, 9.17) is 0 Å². The molecule has 6 nitrogen and oxygen atoms in total. The Kier molecular flexibility index (Phi) is 5.33.